The molecule has 6 nitrogen and oxygen atoms in total. The van der Waals surface area contributed by atoms with E-state index in [1.54, 1.807) is 4.90 Å². The van der Waals surface area contributed by atoms with Gasteiger partial charge < -0.3 is 20.1 Å². The predicted octanol–water partition coefficient (Wildman–Crippen LogP) is -0.628. The van der Waals surface area contributed by atoms with E-state index in [2.05, 4.69) is 4.74 Å². The first-order chi connectivity index (χ1) is 8.10. The molecule has 2 N–H and O–H groups in total. The summed E-state index contributed by atoms with van der Waals surface area (Å²) < 4.78 is 9.53. The molecule has 6 heteroatoms. The summed E-state index contributed by atoms with van der Waals surface area (Å²) in [6, 6.07) is -0.616. The molecule has 0 saturated carbocycles. The number of ether oxygens (including phenoxy) is 2. The van der Waals surface area contributed by atoms with Crippen LogP contribution in [0.5, 0.6) is 0 Å². The molecule has 0 spiro atoms. The average Bonchev–Trinajstić information content (AvgIpc) is 2.37. The number of nitrogens with zero attached hydrogens (tertiary/aromatic N) is 1. The van der Waals surface area contributed by atoms with Gasteiger partial charge in [0, 0.05) is 20.2 Å². The summed E-state index contributed by atoms with van der Waals surface area (Å²) in [4.78, 5) is 24.8. The lowest BCUT2D eigenvalue weighted by Crippen LogP contribution is -2.49. The van der Waals surface area contributed by atoms with Crippen molar-refractivity contribution in [1.29, 1.82) is 0 Å². The zero-order valence-corrected chi connectivity index (χ0v) is 10.3. The first-order valence-corrected chi connectivity index (χ1v) is 5.71. The summed E-state index contributed by atoms with van der Waals surface area (Å²) in [5.41, 5.74) is 5.67. The lowest BCUT2D eigenvalue weighted by Gasteiger charge is -2.32. The van der Waals surface area contributed by atoms with Crippen LogP contribution in [0.2, 0.25) is 0 Å². The van der Waals surface area contributed by atoms with Gasteiger partial charge in [0.2, 0.25) is 5.91 Å². The molecular formula is C11H20N2O4. The quantitative estimate of drug-likeness (QED) is 0.666. The van der Waals surface area contributed by atoms with E-state index in [0.717, 1.165) is 0 Å². The molecule has 1 heterocycles. The first kappa shape index (κ1) is 13.9. The van der Waals surface area contributed by atoms with Crippen molar-refractivity contribution in [2.45, 2.75) is 18.9 Å². The third-order valence-corrected chi connectivity index (χ3v) is 3.00. The van der Waals surface area contributed by atoms with Crippen molar-refractivity contribution in [3.05, 3.63) is 0 Å². The van der Waals surface area contributed by atoms with Gasteiger partial charge in [-0.2, -0.15) is 0 Å². The van der Waals surface area contributed by atoms with Crippen LogP contribution in [-0.4, -0.2) is 56.7 Å². The average molecular weight is 244 g/mol. The van der Waals surface area contributed by atoms with Crippen molar-refractivity contribution < 1.29 is 19.1 Å². The van der Waals surface area contributed by atoms with Crippen LogP contribution < -0.4 is 5.73 Å². The molecule has 0 aromatic carbocycles. The number of carbonyl (C=O) groups is 2. The highest BCUT2D eigenvalue weighted by molar-refractivity contribution is 5.82. The Morgan fingerprint density at radius 2 is 1.94 bits per heavy atom. The fraction of sp³-hybridized carbons (Fsp3) is 0.818. The molecule has 0 radical (unpaired) electrons. The zero-order valence-electron chi connectivity index (χ0n) is 10.3. The molecule has 0 aromatic rings. The van der Waals surface area contributed by atoms with E-state index in [-0.39, 0.29) is 24.4 Å². The van der Waals surface area contributed by atoms with Crippen LogP contribution in [0.4, 0.5) is 0 Å². The van der Waals surface area contributed by atoms with Crippen LogP contribution in [0.1, 0.15) is 12.8 Å². The highest BCUT2D eigenvalue weighted by Gasteiger charge is 2.29. The first-order valence-electron chi connectivity index (χ1n) is 5.71. The Kier molecular flexibility index (Phi) is 5.37. The Morgan fingerprint density at radius 1 is 1.35 bits per heavy atom. The van der Waals surface area contributed by atoms with Crippen molar-refractivity contribution in [3.63, 3.8) is 0 Å². The van der Waals surface area contributed by atoms with Crippen LogP contribution in [-0.2, 0) is 19.1 Å². The fourth-order valence-corrected chi connectivity index (χ4v) is 1.99. The van der Waals surface area contributed by atoms with E-state index in [9.17, 15) is 9.59 Å². The largest absolute Gasteiger partial charge is 0.469 e. The lowest BCUT2D eigenvalue weighted by atomic mass is 9.96. The summed E-state index contributed by atoms with van der Waals surface area (Å²) >= 11 is 0. The van der Waals surface area contributed by atoms with E-state index in [1.807, 2.05) is 0 Å². The molecule has 0 aromatic heterocycles. The van der Waals surface area contributed by atoms with Gasteiger partial charge in [-0.15, -0.1) is 0 Å². The van der Waals surface area contributed by atoms with Crippen molar-refractivity contribution in [2.75, 3.05) is 33.9 Å². The highest BCUT2D eigenvalue weighted by Crippen LogP contribution is 2.18. The molecule has 1 amide bonds. The van der Waals surface area contributed by atoms with Gasteiger partial charge in [0.15, 0.2) is 0 Å². The second-order valence-electron chi connectivity index (χ2n) is 4.18. The van der Waals surface area contributed by atoms with Gasteiger partial charge in [-0.1, -0.05) is 0 Å². The number of amides is 1. The zero-order chi connectivity index (χ0) is 12.8. The number of methoxy groups -OCH3 is 2. The minimum Gasteiger partial charge on any atom is -0.469 e. The number of piperidine rings is 1. The minimum absolute atomic E-state index is 0.0947. The van der Waals surface area contributed by atoms with Crippen molar-refractivity contribution in [3.8, 4) is 0 Å². The molecule has 0 aliphatic carbocycles. The monoisotopic (exact) mass is 244 g/mol. The van der Waals surface area contributed by atoms with E-state index in [4.69, 9.17) is 10.5 Å². The van der Waals surface area contributed by atoms with E-state index in [1.165, 1.54) is 14.2 Å². The molecule has 17 heavy (non-hydrogen) atoms. The summed E-state index contributed by atoms with van der Waals surface area (Å²) in [5, 5.41) is 0. The maximum absolute atomic E-state index is 11.8. The third-order valence-electron chi connectivity index (χ3n) is 3.00. The molecule has 98 valence electrons. The summed E-state index contributed by atoms with van der Waals surface area (Å²) in [6.45, 7) is 1.32. The Labute approximate surface area is 101 Å². The van der Waals surface area contributed by atoms with E-state index < -0.39 is 6.04 Å². The standard InChI is InChI=1S/C11H20N2O4/c1-16-7-9(12)10(14)13-5-3-8(4-6-13)11(15)17-2/h8-9H,3-7,12H2,1-2H3. The molecule has 1 unspecified atom stereocenters. The smallest absolute Gasteiger partial charge is 0.308 e. The van der Waals surface area contributed by atoms with Crippen LogP contribution >= 0.6 is 0 Å². The van der Waals surface area contributed by atoms with Crippen LogP contribution in [0, 0.1) is 5.92 Å². The normalized spacial score (nSPS) is 18.9. The van der Waals surface area contributed by atoms with Crippen LogP contribution in [0.15, 0.2) is 0 Å². The summed E-state index contributed by atoms with van der Waals surface area (Å²) in [7, 11) is 2.89. The Bertz CT molecular complexity index is 275. The highest BCUT2D eigenvalue weighted by atomic mass is 16.5. The van der Waals surface area contributed by atoms with Gasteiger partial charge in [-0.3, -0.25) is 9.59 Å². The van der Waals surface area contributed by atoms with Crippen LogP contribution in [0.25, 0.3) is 0 Å². The molecule has 1 atom stereocenters. The van der Waals surface area contributed by atoms with E-state index in [0.29, 0.717) is 25.9 Å². The Balaban J connectivity index is 2.41. The maximum Gasteiger partial charge on any atom is 0.308 e. The van der Waals surface area contributed by atoms with Crippen molar-refractivity contribution in [2.24, 2.45) is 11.7 Å². The number of hydrogen-bond donors (Lipinski definition) is 1. The number of carbonyl (C=O) groups excluding carboxylic acids is 2. The van der Waals surface area contributed by atoms with Gasteiger partial charge in [0.25, 0.3) is 0 Å². The number of esters is 1. The second kappa shape index (κ2) is 6.56. The molecule has 1 saturated heterocycles. The van der Waals surface area contributed by atoms with Crippen LogP contribution in [0.3, 0.4) is 0 Å². The molecule has 1 fully saturated rings. The fourth-order valence-electron chi connectivity index (χ4n) is 1.99. The Hall–Kier alpha value is -1.14. The second-order valence-corrected chi connectivity index (χ2v) is 4.18. The molecule has 1 aliphatic rings. The lowest BCUT2D eigenvalue weighted by molar-refractivity contribution is -0.149. The summed E-state index contributed by atoms with van der Waals surface area (Å²) in [6.07, 6.45) is 1.27. The molecular weight excluding hydrogens is 224 g/mol. The topological polar surface area (TPSA) is 81.9 Å². The van der Waals surface area contributed by atoms with Gasteiger partial charge in [-0.05, 0) is 12.8 Å². The van der Waals surface area contributed by atoms with E-state index >= 15 is 0 Å². The van der Waals surface area contributed by atoms with Gasteiger partial charge in [-0.25, -0.2) is 0 Å². The minimum atomic E-state index is -0.616. The number of hydrogen-bond acceptors (Lipinski definition) is 5. The van der Waals surface area contributed by atoms with Gasteiger partial charge in [0.05, 0.1) is 19.6 Å². The number of rotatable bonds is 4. The van der Waals surface area contributed by atoms with Crippen molar-refractivity contribution in [1.82, 2.24) is 4.90 Å². The molecule has 1 rings (SSSR count). The number of nitrogens with two attached hydrogens (primary N) is 1. The summed E-state index contributed by atoms with van der Waals surface area (Å²) in [5.74, 6) is -0.406. The van der Waals surface area contributed by atoms with Gasteiger partial charge in [0.1, 0.15) is 6.04 Å². The Morgan fingerprint density at radius 3 is 2.41 bits per heavy atom. The van der Waals surface area contributed by atoms with Crippen molar-refractivity contribution >= 4 is 11.9 Å². The maximum atomic E-state index is 11.8. The molecule has 0 bridgehead atoms. The SMILES string of the molecule is COCC(N)C(=O)N1CCC(C(=O)OC)CC1. The van der Waals surface area contributed by atoms with Gasteiger partial charge >= 0.3 is 5.97 Å². The number of likely N-dealkylation sites (tertiary alicyclic amines) is 1. The molecule has 1 aliphatic heterocycles. The third kappa shape index (κ3) is 3.67. The predicted molar refractivity (Wildman–Crippen MR) is 61.2 cm³/mol.